The topological polar surface area (TPSA) is 41.1 Å². The zero-order valence-corrected chi connectivity index (χ0v) is 14.6. The summed E-state index contributed by atoms with van der Waals surface area (Å²) in [5, 5.41) is 6.79. The lowest BCUT2D eigenvalue weighted by Crippen LogP contribution is -2.36. The molecule has 1 aliphatic rings. The summed E-state index contributed by atoms with van der Waals surface area (Å²) in [6.45, 7) is 5.99. The molecule has 1 unspecified atom stereocenters. The number of anilines is 1. The molecule has 0 bridgehead atoms. The van der Waals surface area contributed by atoms with E-state index < -0.39 is 0 Å². The summed E-state index contributed by atoms with van der Waals surface area (Å²) >= 11 is 5.96. The zero-order valence-electron chi connectivity index (χ0n) is 13.9. The van der Waals surface area contributed by atoms with Crippen LogP contribution in [-0.2, 0) is 4.79 Å². The molecule has 0 heterocycles. The van der Waals surface area contributed by atoms with Gasteiger partial charge >= 0.3 is 0 Å². The number of hydrogen-bond donors (Lipinski definition) is 2. The molecule has 0 saturated heterocycles. The molecule has 1 aliphatic carbocycles. The van der Waals surface area contributed by atoms with Gasteiger partial charge in [0, 0.05) is 16.8 Å². The van der Waals surface area contributed by atoms with Crippen molar-refractivity contribution >= 4 is 29.3 Å². The van der Waals surface area contributed by atoms with Crippen molar-refractivity contribution in [3.8, 4) is 0 Å². The van der Waals surface area contributed by atoms with Crippen molar-refractivity contribution in [3.63, 3.8) is 0 Å². The minimum Gasteiger partial charge on any atom is -0.376 e. The number of nitrogens with one attached hydrogen (secondary N) is 2. The molecule has 1 atom stereocenters. The standard InChI is InChI=1S/C20H23ClN2O/c1-3-17-13-18(21)10-11-19(17)22-14-20(24)23-15(2)12-16-8-6-4-5-7-9-16/h3-4,6-11,13,15,22H,1,5,12,14H2,2H3,(H,23,24). The maximum atomic E-state index is 12.1. The van der Waals surface area contributed by atoms with E-state index in [0.717, 1.165) is 24.1 Å². The maximum absolute atomic E-state index is 12.1. The summed E-state index contributed by atoms with van der Waals surface area (Å²) in [6.07, 6.45) is 14.0. The van der Waals surface area contributed by atoms with Gasteiger partial charge in [0.2, 0.25) is 5.91 Å². The van der Waals surface area contributed by atoms with Crippen LogP contribution in [0.15, 0.2) is 60.7 Å². The van der Waals surface area contributed by atoms with Gasteiger partial charge in [-0.05, 0) is 49.1 Å². The molecule has 3 nitrogen and oxygen atoms in total. The van der Waals surface area contributed by atoms with Crippen LogP contribution in [0.1, 0.15) is 25.3 Å². The van der Waals surface area contributed by atoms with Gasteiger partial charge in [-0.25, -0.2) is 0 Å². The van der Waals surface area contributed by atoms with E-state index in [1.165, 1.54) is 5.57 Å². The lowest BCUT2D eigenvalue weighted by atomic mass is 10.1. The third-order valence-corrected chi connectivity index (χ3v) is 3.91. The van der Waals surface area contributed by atoms with Crippen LogP contribution in [0.5, 0.6) is 0 Å². The first-order chi connectivity index (χ1) is 11.6. The van der Waals surface area contributed by atoms with E-state index in [9.17, 15) is 4.79 Å². The van der Waals surface area contributed by atoms with E-state index >= 15 is 0 Å². The molecule has 0 radical (unpaired) electrons. The molecular formula is C20H23ClN2O. The van der Waals surface area contributed by atoms with Crippen LogP contribution in [-0.4, -0.2) is 18.5 Å². The van der Waals surface area contributed by atoms with Crippen molar-refractivity contribution in [3.05, 3.63) is 71.3 Å². The molecule has 1 aromatic rings. The van der Waals surface area contributed by atoms with E-state index in [1.54, 1.807) is 12.1 Å². The van der Waals surface area contributed by atoms with E-state index in [4.69, 9.17) is 11.6 Å². The van der Waals surface area contributed by atoms with Crippen molar-refractivity contribution in [2.75, 3.05) is 11.9 Å². The molecular weight excluding hydrogens is 320 g/mol. The van der Waals surface area contributed by atoms with Gasteiger partial charge in [-0.15, -0.1) is 0 Å². The Morgan fingerprint density at radius 2 is 2.25 bits per heavy atom. The van der Waals surface area contributed by atoms with Crippen LogP contribution >= 0.6 is 11.6 Å². The highest BCUT2D eigenvalue weighted by Gasteiger charge is 2.09. The van der Waals surface area contributed by atoms with E-state index in [2.05, 4.69) is 47.6 Å². The van der Waals surface area contributed by atoms with Gasteiger partial charge in [-0.3, -0.25) is 4.79 Å². The molecule has 126 valence electrons. The van der Waals surface area contributed by atoms with Crippen LogP contribution in [0.2, 0.25) is 5.02 Å². The summed E-state index contributed by atoms with van der Waals surface area (Å²) < 4.78 is 0. The molecule has 0 aromatic heterocycles. The highest BCUT2D eigenvalue weighted by Crippen LogP contribution is 2.21. The van der Waals surface area contributed by atoms with E-state index in [0.29, 0.717) is 5.02 Å². The molecule has 0 saturated carbocycles. The van der Waals surface area contributed by atoms with E-state index in [-0.39, 0.29) is 18.5 Å². The first kappa shape index (κ1) is 18.1. The average Bonchev–Trinajstić information content (AvgIpc) is 2.82. The third-order valence-electron chi connectivity index (χ3n) is 3.67. The van der Waals surface area contributed by atoms with Gasteiger partial charge in [0.05, 0.1) is 6.54 Å². The van der Waals surface area contributed by atoms with Crippen LogP contribution in [0.4, 0.5) is 5.69 Å². The lowest BCUT2D eigenvalue weighted by Gasteiger charge is -2.16. The van der Waals surface area contributed by atoms with Gasteiger partial charge in [-0.1, -0.05) is 54.6 Å². The minimum atomic E-state index is -0.0406. The number of hydrogen-bond acceptors (Lipinski definition) is 2. The SMILES string of the molecule is C=Cc1cc(Cl)ccc1NCC(=O)NC(C)CC1=CC=CCC=C1. The van der Waals surface area contributed by atoms with Crippen molar-refractivity contribution < 1.29 is 4.79 Å². The highest BCUT2D eigenvalue weighted by molar-refractivity contribution is 6.30. The van der Waals surface area contributed by atoms with Gasteiger partial charge in [0.1, 0.15) is 0 Å². The summed E-state index contributed by atoms with van der Waals surface area (Å²) in [7, 11) is 0. The van der Waals surface area contributed by atoms with E-state index in [1.807, 2.05) is 19.1 Å². The fourth-order valence-electron chi connectivity index (χ4n) is 2.53. The Kier molecular flexibility index (Phi) is 6.89. The second-order valence-electron chi connectivity index (χ2n) is 5.77. The quantitative estimate of drug-likeness (QED) is 0.752. The Bertz CT molecular complexity index is 689. The second-order valence-corrected chi connectivity index (χ2v) is 6.21. The molecule has 0 aliphatic heterocycles. The fraction of sp³-hybridized carbons (Fsp3) is 0.250. The Hall–Kier alpha value is -2.26. The molecule has 2 N–H and O–H groups in total. The molecule has 24 heavy (non-hydrogen) atoms. The largest absolute Gasteiger partial charge is 0.376 e. The number of carbonyl (C=O) groups excluding carboxylic acids is 1. The van der Waals surface area contributed by atoms with Crippen LogP contribution in [0, 0.1) is 0 Å². The van der Waals surface area contributed by atoms with Gasteiger partial charge < -0.3 is 10.6 Å². The summed E-state index contributed by atoms with van der Waals surface area (Å²) in [5.74, 6) is -0.0406. The molecule has 0 spiro atoms. The number of halogens is 1. The Morgan fingerprint density at radius 3 is 3.04 bits per heavy atom. The maximum Gasteiger partial charge on any atom is 0.239 e. The second kappa shape index (κ2) is 9.14. The molecule has 0 fully saturated rings. The molecule has 1 aromatic carbocycles. The Balaban J connectivity index is 1.83. The number of benzene rings is 1. The number of amides is 1. The Labute approximate surface area is 148 Å². The van der Waals surface area contributed by atoms with Crippen LogP contribution in [0.25, 0.3) is 6.08 Å². The van der Waals surface area contributed by atoms with Crippen LogP contribution in [0.3, 0.4) is 0 Å². The normalized spacial score (nSPS) is 14.5. The monoisotopic (exact) mass is 342 g/mol. The smallest absolute Gasteiger partial charge is 0.239 e. The number of rotatable bonds is 7. The number of allylic oxidation sites excluding steroid dienone is 5. The Morgan fingerprint density at radius 1 is 1.42 bits per heavy atom. The molecule has 4 heteroatoms. The van der Waals surface area contributed by atoms with Crippen molar-refractivity contribution in [1.29, 1.82) is 0 Å². The third kappa shape index (κ3) is 5.74. The molecule has 2 rings (SSSR count). The molecule has 1 amide bonds. The summed E-state index contributed by atoms with van der Waals surface area (Å²) in [4.78, 5) is 12.1. The van der Waals surface area contributed by atoms with Crippen LogP contribution < -0.4 is 10.6 Å². The predicted molar refractivity (Wildman–Crippen MR) is 103 cm³/mol. The number of carbonyl (C=O) groups is 1. The zero-order chi connectivity index (χ0) is 17.4. The highest BCUT2D eigenvalue weighted by atomic mass is 35.5. The van der Waals surface area contributed by atoms with Crippen molar-refractivity contribution in [2.24, 2.45) is 0 Å². The van der Waals surface area contributed by atoms with Gasteiger partial charge in [0.15, 0.2) is 0 Å². The first-order valence-electron chi connectivity index (χ1n) is 8.06. The van der Waals surface area contributed by atoms with Gasteiger partial charge in [-0.2, -0.15) is 0 Å². The first-order valence-corrected chi connectivity index (χ1v) is 8.43. The average molecular weight is 343 g/mol. The predicted octanol–water partition coefficient (Wildman–Crippen LogP) is 4.73. The summed E-state index contributed by atoms with van der Waals surface area (Å²) in [6, 6.07) is 5.53. The van der Waals surface area contributed by atoms with Gasteiger partial charge in [0.25, 0.3) is 0 Å². The summed E-state index contributed by atoms with van der Waals surface area (Å²) in [5.41, 5.74) is 2.94. The lowest BCUT2D eigenvalue weighted by molar-refractivity contribution is -0.119. The van der Waals surface area contributed by atoms with Crippen molar-refractivity contribution in [1.82, 2.24) is 5.32 Å². The van der Waals surface area contributed by atoms with Crippen molar-refractivity contribution in [2.45, 2.75) is 25.8 Å². The minimum absolute atomic E-state index is 0.0406. The fourth-order valence-corrected chi connectivity index (χ4v) is 2.71.